The second kappa shape index (κ2) is 10.4. The van der Waals surface area contributed by atoms with Crippen LogP contribution in [0, 0.1) is 0 Å². The average molecular weight is 520 g/mol. The van der Waals surface area contributed by atoms with Crippen LogP contribution in [-0.2, 0) is 17.7 Å². The van der Waals surface area contributed by atoms with Crippen LogP contribution in [0.3, 0.4) is 0 Å². The van der Waals surface area contributed by atoms with E-state index in [0.717, 1.165) is 53.4 Å². The number of fused-ring (bicyclic) bond motifs is 1. The fraction of sp³-hybridized carbons (Fsp3) is 0.370. The molecule has 0 unspecified atom stereocenters. The van der Waals surface area contributed by atoms with Gasteiger partial charge in [0.1, 0.15) is 11.4 Å². The van der Waals surface area contributed by atoms with Gasteiger partial charge in [-0.25, -0.2) is 19.7 Å². The molecule has 3 aromatic heterocycles. The summed E-state index contributed by atoms with van der Waals surface area (Å²) >= 11 is 5.95. The number of nitrogens with one attached hydrogen (secondary N) is 1. The number of ether oxygens (including phenoxy) is 1. The predicted molar refractivity (Wildman–Crippen MR) is 142 cm³/mol. The predicted octanol–water partition coefficient (Wildman–Crippen LogP) is 4.71. The highest BCUT2D eigenvalue weighted by Gasteiger charge is 2.25. The van der Waals surface area contributed by atoms with Gasteiger partial charge < -0.3 is 14.6 Å². The monoisotopic (exact) mass is 519 g/mol. The molecule has 4 heterocycles. The van der Waals surface area contributed by atoms with Crippen LogP contribution >= 0.6 is 11.6 Å². The molecule has 1 N–H and O–H groups in total. The van der Waals surface area contributed by atoms with E-state index in [-0.39, 0.29) is 11.4 Å². The summed E-state index contributed by atoms with van der Waals surface area (Å²) in [5.74, 6) is 0.850. The van der Waals surface area contributed by atoms with Crippen LogP contribution in [0.5, 0.6) is 0 Å². The highest BCUT2D eigenvalue weighted by atomic mass is 35.5. The third-order valence-electron chi connectivity index (χ3n) is 6.11. The van der Waals surface area contributed by atoms with Crippen molar-refractivity contribution in [3.8, 4) is 11.3 Å². The Balaban J connectivity index is 1.21. The molecule has 10 heteroatoms. The summed E-state index contributed by atoms with van der Waals surface area (Å²) in [6, 6.07) is 12.0. The van der Waals surface area contributed by atoms with Crippen molar-refractivity contribution in [1.29, 1.82) is 0 Å². The lowest BCUT2D eigenvalue weighted by Crippen LogP contribution is -2.49. The van der Waals surface area contributed by atoms with Crippen LogP contribution in [0.15, 0.2) is 48.8 Å². The second-order valence-corrected chi connectivity index (χ2v) is 10.5. The van der Waals surface area contributed by atoms with Crippen LogP contribution in [0.4, 0.5) is 4.79 Å². The number of pyridine rings is 1. The Hall–Kier alpha value is -3.56. The zero-order valence-electron chi connectivity index (χ0n) is 21.2. The van der Waals surface area contributed by atoms with Crippen LogP contribution in [0.1, 0.15) is 37.9 Å². The molecular formula is C27H30ClN7O2. The summed E-state index contributed by atoms with van der Waals surface area (Å²) in [6.45, 7) is 9.41. The molecule has 1 saturated heterocycles. The summed E-state index contributed by atoms with van der Waals surface area (Å²) in [6.07, 6.45) is 3.86. The third-order valence-corrected chi connectivity index (χ3v) is 6.29. The second-order valence-electron chi connectivity index (χ2n) is 10.2. The topological polar surface area (TPSA) is 100 Å². The third kappa shape index (κ3) is 6.42. The summed E-state index contributed by atoms with van der Waals surface area (Å²) in [5.41, 5.74) is 5.19. The van der Waals surface area contributed by atoms with Gasteiger partial charge in [0.25, 0.3) is 0 Å². The molecule has 1 amide bonds. The zero-order chi connectivity index (χ0) is 26.0. The number of hydrogen-bond acceptors (Lipinski definition) is 7. The molecule has 0 radical (unpaired) electrons. The first kappa shape index (κ1) is 25.1. The van der Waals surface area contributed by atoms with Crippen molar-refractivity contribution in [2.75, 3.05) is 26.2 Å². The number of amides is 1. The number of halogens is 1. The smallest absolute Gasteiger partial charge is 0.410 e. The molecule has 0 bridgehead atoms. The minimum atomic E-state index is -0.477. The standard InChI is InChI=1S/C27H30ClN7O2/c1-27(2,3)37-26(36)35-12-10-34(11-13-35)17-18-6-8-29-20(14-18)16-24-31-22-5-4-19(15-23(22)32-24)21-7-9-30-25(28)33-21/h4-9,14-15H,10-13,16-17H2,1-3H3,(H,31,32). The Labute approximate surface area is 220 Å². The number of carbonyl (C=O) groups excluding carboxylic acids is 1. The molecule has 1 aromatic carbocycles. The zero-order valence-corrected chi connectivity index (χ0v) is 22.0. The molecule has 1 aliphatic heterocycles. The fourth-order valence-electron chi connectivity index (χ4n) is 4.37. The molecule has 0 saturated carbocycles. The number of nitrogens with zero attached hydrogens (tertiary/aromatic N) is 6. The molecule has 0 atom stereocenters. The van der Waals surface area contributed by atoms with Gasteiger partial charge in [-0.3, -0.25) is 9.88 Å². The summed E-state index contributed by atoms with van der Waals surface area (Å²) < 4.78 is 5.50. The van der Waals surface area contributed by atoms with Crippen molar-refractivity contribution >= 4 is 28.7 Å². The van der Waals surface area contributed by atoms with Crippen LogP contribution in [0.2, 0.25) is 5.28 Å². The van der Waals surface area contributed by atoms with E-state index in [0.29, 0.717) is 19.5 Å². The van der Waals surface area contributed by atoms with Crippen molar-refractivity contribution < 1.29 is 9.53 Å². The SMILES string of the molecule is CC(C)(C)OC(=O)N1CCN(Cc2ccnc(Cc3nc4ccc(-c5ccnc(Cl)n5)cc4[nH]3)c2)CC1. The number of piperazine rings is 1. The molecule has 1 aliphatic rings. The number of benzene rings is 1. The molecule has 5 rings (SSSR count). The van der Waals surface area contributed by atoms with Gasteiger partial charge in [0.2, 0.25) is 5.28 Å². The summed E-state index contributed by atoms with van der Waals surface area (Å²) in [5, 5.41) is 0.221. The van der Waals surface area contributed by atoms with Crippen molar-refractivity contribution in [3.63, 3.8) is 0 Å². The maximum Gasteiger partial charge on any atom is 0.410 e. The van der Waals surface area contributed by atoms with E-state index in [1.165, 1.54) is 5.56 Å². The first-order chi connectivity index (χ1) is 17.7. The summed E-state index contributed by atoms with van der Waals surface area (Å²) in [7, 11) is 0. The lowest BCUT2D eigenvalue weighted by Gasteiger charge is -2.35. The minimum absolute atomic E-state index is 0.221. The number of imidazole rings is 1. The van der Waals surface area contributed by atoms with Crippen molar-refractivity contribution in [2.24, 2.45) is 0 Å². The van der Waals surface area contributed by atoms with E-state index in [1.807, 2.05) is 57.3 Å². The van der Waals surface area contributed by atoms with E-state index in [4.69, 9.17) is 21.3 Å². The Bertz CT molecular complexity index is 1410. The molecular weight excluding hydrogens is 490 g/mol. The van der Waals surface area contributed by atoms with Crippen molar-refractivity contribution in [2.45, 2.75) is 39.3 Å². The maximum atomic E-state index is 12.3. The number of carbonyl (C=O) groups is 1. The number of aromatic amines is 1. The minimum Gasteiger partial charge on any atom is -0.444 e. The van der Waals surface area contributed by atoms with Gasteiger partial charge in [-0.2, -0.15) is 0 Å². The highest BCUT2D eigenvalue weighted by molar-refractivity contribution is 6.28. The van der Waals surface area contributed by atoms with E-state index in [9.17, 15) is 4.79 Å². The van der Waals surface area contributed by atoms with Gasteiger partial charge >= 0.3 is 6.09 Å². The quantitative estimate of drug-likeness (QED) is 0.381. The largest absolute Gasteiger partial charge is 0.444 e. The number of rotatable bonds is 5. The van der Waals surface area contributed by atoms with Gasteiger partial charge in [-0.1, -0.05) is 6.07 Å². The number of hydrogen-bond donors (Lipinski definition) is 1. The normalized spacial score (nSPS) is 14.8. The van der Waals surface area contributed by atoms with Gasteiger partial charge in [0.05, 0.1) is 16.7 Å². The average Bonchev–Trinajstić information content (AvgIpc) is 3.25. The van der Waals surface area contributed by atoms with Crippen LogP contribution in [-0.4, -0.2) is 72.6 Å². The first-order valence-corrected chi connectivity index (χ1v) is 12.7. The maximum absolute atomic E-state index is 12.3. The van der Waals surface area contributed by atoms with Gasteiger partial charge in [0, 0.05) is 62.8 Å². The lowest BCUT2D eigenvalue weighted by molar-refractivity contribution is 0.0139. The van der Waals surface area contributed by atoms with Crippen molar-refractivity contribution in [3.05, 3.63) is 71.2 Å². The molecule has 0 spiro atoms. The Kier molecular flexibility index (Phi) is 7.08. The van der Waals surface area contributed by atoms with E-state index < -0.39 is 5.60 Å². The van der Waals surface area contributed by atoms with E-state index in [2.05, 4.69) is 30.9 Å². The molecule has 0 aliphatic carbocycles. The lowest BCUT2D eigenvalue weighted by atomic mass is 10.1. The fourth-order valence-corrected chi connectivity index (χ4v) is 4.52. The first-order valence-electron chi connectivity index (χ1n) is 12.3. The Morgan fingerprint density at radius 3 is 2.57 bits per heavy atom. The number of H-pyrrole nitrogens is 1. The highest BCUT2D eigenvalue weighted by Crippen LogP contribution is 2.23. The van der Waals surface area contributed by atoms with Crippen LogP contribution in [0.25, 0.3) is 22.3 Å². The molecule has 4 aromatic rings. The molecule has 9 nitrogen and oxygen atoms in total. The van der Waals surface area contributed by atoms with E-state index in [1.54, 1.807) is 11.1 Å². The van der Waals surface area contributed by atoms with Gasteiger partial charge in [0.15, 0.2) is 0 Å². The number of aromatic nitrogens is 5. The molecule has 37 heavy (non-hydrogen) atoms. The van der Waals surface area contributed by atoms with E-state index >= 15 is 0 Å². The van der Waals surface area contributed by atoms with Crippen molar-refractivity contribution in [1.82, 2.24) is 34.7 Å². The van der Waals surface area contributed by atoms with Crippen LogP contribution < -0.4 is 0 Å². The molecule has 1 fully saturated rings. The Morgan fingerprint density at radius 2 is 1.81 bits per heavy atom. The summed E-state index contributed by atoms with van der Waals surface area (Å²) in [4.78, 5) is 37.4. The molecule has 192 valence electrons. The van der Waals surface area contributed by atoms with Gasteiger partial charge in [-0.15, -0.1) is 0 Å². The van der Waals surface area contributed by atoms with Gasteiger partial charge in [-0.05, 0) is 68.3 Å². The Morgan fingerprint density at radius 1 is 1.03 bits per heavy atom.